The molecule has 0 aromatic carbocycles. The number of methoxy groups -OCH3 is 1. The smallest absolute Gasteiger partial charge is 0.306 e. The first-order valence-corrected chi connectivity index (χ1v) is 19.0. The van der Waals surface area contributed by atoms with Gasteiger partial charge in [-0.3, -0.25) is 14.4 Å². The summed E-state index contributed by atoms with van der Waals surface area (Å²) in [7, 11) is 1.60. The molecule has 1 unspecified atom stereocenters. The molecule has 0 aliphatic heterocycles. The quantitative estimate of drug-likeness (QED) is 0.0561. The summed E-state index contributed by atoms with van der Waals surface area (Å²) in [4.78, 5) is 37.5. The Kier molecular flexibility index (Phi) is 30.7. The number of hydrogen-bond donors (Lipinski definition) is 2. The lowest BCUT2D eigenvalue weighted by molar-refractivity contribution is -0.157. The largest absolute Gasteiger partial charge is 0.462 e. The zero-order valence-electron chi connectivity index (χ0n) is 28.8. The third kappa shape index (κ3) is 27.0. The van der Waals surface area contributed by atoms with Gasteiger partial charge in [-0.05, 0) is 19.3 Å². The van der Waals surface area contributed by atoms with E-state index in [1.54, 1.807) is 7.11 Å². The molecule has 9 heteroatoms. The lowest BCUT2D eigenvalue weighted by Crippen LogP contribution is -2.48. The van der Waals surface area contributed by atoms with E-state index in [1.165, 1.54) is 88.8 Å². The van der Waals surface area contributed by atoms with Gasteiger partial charge in [0.2, 0.25) is 5.91 Å². The van der Waals surface area contributed by atoms with Gasteiger partial charge in [-0.15, -0.1) is 0 Å². The minimum atomic E-state index is -0.696. The maximum Gasteiger partial charge on any atom is 0.306 e. The van der Waals surface area contributed by atoms with Gasteiger partial charge in [-0.25, -0.2) is 0 Å². The fourth-order valence-corrected chi connectivity index (χ4v) is 5.92. The van der Waals surface area contributed by atoms with Crippen LogP contribution in [0.1, 0.15) is 156 Å². The number of nitrogens with two attached hydrogens (primary N) is 1. The molecule has 0 bridgehead atoms. The zero-order chi connectivity index (χ0) is 32.7. The predicted octanol–water partition coefficient (Wildman–Crippen LogP) is 7.88. The summed E-state index contributed by atoms with van der Waals surface area (Å²) < 4.78 is 16.4. The molecule has 1 amide bonds. The first-order chi connectivity index (χ1) is 21.4. The molecule has 0 aromatic heterocycles. The van der Waals surface area contributed by atoms with E-state index >= 15 is 0 Å². The monoisotopic (exact) mass is 644 g/mol. The van der Waals surface area contributed by atoms with Crippen molar-refractivity contribution < 1.29 is 28.6 Å². The first-order valence-electron chi connectivity index (χ1n) is 17.8. The molecule has 260 valence electrons. The molecule has 0 aromatic rings. The summed E-state index contributed by atoms with van der Waals surface area (Å²) in [5.41, 5.74) is 6.12. The summed E-state index contributed by atoms with van der Waals surface area (Å²) in [5.74, 6) is 0.0327. The predicted molar refractivity (Wildman–Crippen MR) is 184 cm³/mol. The maximum atomic E-state index is 12.6. The van der Waals surface area contributed by atoms with E-state index in [0.717, 1.165) is 44.9 Å². The van der Waals surface area contributed by atoms with Crippen molar-refractivity contribution in [3.8, 4) is 0 Å². The van der Waals surface area contributed by atoms with E-state index in [4.69, 9.17) is 19.9 Å². The highest BCUT2D eigenvalue weighted by Crippen LogP contribution is 2.15. The molecular formula is C35H68N2O6S. The Labute approximate surface area is 274 Å². The molecule has 0 saturated heterocycles. The Morgan fingerprint density at radius 3 is 1.61 bits per heavy atom. The summed E-state index contributed by atoms with van der Waals surface area (Å²) in [6.45, 7) is 6.90. The van der Waals surface area contributed by atoms with Gasteiger partial charge in [-0.2, -0.15) is 11.8 Å². The summed E-state index contributed by atoms with van der Waals surface area (Å²) in [6.07, 6.45) is 22.2. The molecule has 0 aliphatic carbocycles. The normalized spacial score (nSPS) is 13.3. The average Bonchev–Trinajstić information content (AvgIpc) is 3.01. The molecule has 0 aliphatic rings. The molecule has 0 saturated carbocycles. The molecule has 3 atom stereocenters. The third-order valence-corrected chi connectivity index (χ3v) is 9.04. The lowest BCUT2D eigenvalue weighted by Gasteiger charge is -2.20. The van der Waals surface area contributed by atoms with Gasteiger partial charge in [-0.1, -0.05) is 124 Å². The van der Waals surface area contributed by atoms with Gasteiger partial charge < -0.3 is 25.3 Å². The van der Waals surface area contributed by atoms with Crippen LogP contribution in [0.4, 0.5) is 0 Å². The van der Waals surface area contributed by atoms with Crippen molar-refractivity contribution in [3.63, 3.8) is 0 Å². The number of nitrogens with one attached hydrogen (secondary N) is 1. The van der Waals surface area contributed by atoms with Crippen LogP contribution in [0.15, 0.2) is 0 Å². The second kappa shape index (κ2) is 31.7. The number of carbonyl (C=O) groups is 3. The van der Waals surface area contributed by atoms with Crippen LogP contribution in [0, 0.1) is 0 Å². The third-order valence-electron chi connectivity index (χ3n) is 7.84. The number of thioether (sulfide) groups is 1. The molecule has 0 heterocycles. The molecular weight excluding hydrogens is 576 g/mol. The number of hydrogen-bond acceptors (Lipinski definition) is 8. The lowest BCUT2D eigenvalue weighted by atomic mass is 10.1. The van der Waals surface area contributed by atoms with Gasteiger partial charge in [0.1, 0.15) is 12.7 Å². The van der Waals surface area contributed by atoms with E-state index in [9.17, 15) is 14.4 Å². The second-order valence-electron chi connectivity index (χ2n) is 12.2. The molecule has 0 fully saturated rings. The van der Waals surface area contributed by atoms with E-state index in [-0.39, 0.29) is 30.5 Å². The van der Waals surface area contributed by atoms with Crippen molar-refractivity contribution in [3.05, 3.63) is 0 Å². The SMILES string of the molecule is CCCCCCCCCCCC(=O)OC[C@H](CSC[C@@H](N)C(=O)NC(CC)COC)OC(=O)CCCCCCCCCCC. The average molecular weight is 645 g/mol. The summed E-state index contributed by atoms with van der Waals surface area (Å²) >= 11 is 1.43. The highest BCUT2D eigenvalue weighted by Gasteiger charge is 2.21. The Balaban J connectivity index is 4.53. The Morgan fingerprint density at radius 2 is 1.14 bits per heavy atom. The molecule has 0 radical (unpaired) electrons. The van der Waals surface area contributed by atoms with Crippen LogP contribution >= 0.6 is 11.8 Å². The van der Waals surface area contributed by atoms with E-state index in [2.05, 4.69) is 19.2 Å². The highest BCUT2D eigenvalue weighted by atomic mass is 32.2. The Bertz CT molecular complexity index is 696. The number of esters is 2. The maximum absolute atomic E-state index is 12.6. The van der Waals surface area contributed by atoms with Gasteiger partial charge >= 0.3 is 11.9 Å². The van der Waals surface area contributed by atoms with Crippen LogP contribution < -0.4 is 11.1 Å². The molecule has 0 spiro atoms. The fraction of sp³-hybridized carbons (Fsp3) is 0.914. The number of carbonyl (C=O) groups excluding carboxylic acids is 3. The van der Waals surface area contributed by atoms with Crippen molar-refractivity contribution >= 4 is 29.6 Å². The van der Waals surface area contributed by atoms with Gasteiger partial charge in [0, 0.05) is 31.5 Å². The zero-order valence-corrected chi connectivity index (χ0v) is 29.7. The van der Waals surface area contributed by atoms with Crippen molar-refractivity contribution in [2.24, 2.45) is 5.73 Å². The van der Waals surface area contributed by atoms with E-state index < -0.39 is 12.1 Å². The van der Waals surface area contributed by atoms with Crippen molar-refractivity contribution in [2.75, 3.05) is 31.8 Å². The minimum Gasteiger partial charge on any atom is -0.462 e. The Hall–Kier alpha value is -1.32. The van der Waals surface area contributed by atoms with Crippen LogP contribution in [0.2, 0.25) is 0 Å². The standard InChI is InChI=1S/C35H68N2O6S/c1-5-8-10-12-14-16-18-20-22-24-33(38)42-27-31(28-44-29-32(36)35(40)37-30(7-3)26-41-4)43-34(39)25-23-21-19-17-15-13-11-9-6-2/h30-32H,5-29,36H2,1-4H3,(H,37,40)/t30?,31-,32-/m1/s1. The number of ether oxygens (including phenoxy) is 3. The second-order valence-corrected chi connectivity index (χ2v) is 13.2. The van der Waals surface area contributed by atoms with Crippen LogP contribution in [0.5, 0.6) is 0 Å². The minimum absolute atomic E-state index is 0.0277. The van der Waals surface area contributed by atoms with Crippen LogP contribution in [-0.2, 0) is 28.6 Å². The summed E-state index contributed by atoms with van der Waals surface area (Å²) in [5, 5.41) is 2.91. The van der Waals surface area contributed by atoms with Crippen LogP contribution in [0.25, 0.3) is 0 Å². The van der Waals surface area contributed by atoms with Gasteiger partial charge in [0.15, 0.2) is 0 Å². The van der Waals surface area contributed by atoms with E-state index in [0.29, 0.717) is 31.0 Å². The highest BCUT2D eigenvalue weighted by molar-refractivity contribution is 7.99. The molecule has 44 heavy (non-hydrogen) atoms. The number of rotatable bonds is 32. The molecule has 0 rings (SSSR count). The first kappa shape index (κ1) is 42.7. The topological polar surface area (TPSA) is 117 Å². The van der Waals surface area contributed by atoms with Gasteiger partial charge in [0.25, 0.3) is 0 Å². The molecule has 3 N–H and O–H groups in total. The summed E-state index contributed by atoms with van der Waals surface area (Å²) in [6, 6.07) is -0.776. The number of unbranched alkanes of at least 4 members (excludes halogenated alkanes) is 16. The van der Waals surface area contributed by atoms with Gasteiger partial charge in [0.05, 0.1) is 18.7 Å². The fourth-order valence-electron chi connectivity index (χ4n) is 4.95. The van der Waals surface area contributed by atoms with Crippen LogP contribution in [0.3, 0.4) is 0 Å². The molecule has 8 nitrogen and oxygen atoms in total. The number of amides is 1. The van der Waals surface area contributed by atoms with Crippen molar-refractivity contribution in [2.45, 2.75) is 174 Å². The van der Waals surface area contributed by atoms with Crippen molar-refractivity contribution in [1.82, 2.24) is 5.32 Å². The van der Waals surface area contributed by atoms with Crippen molar-refractivity contribution in [1.29, 1.82) is 0 Å². The Morgan fingerprint density at radius 1 is 0.659 bits per heavy atom. The van der Waals surface area contributed by atoms with Crippen LogP contribution in [-0.4, -0.2) is 67.9 Å². The van der Waals surface area contributed by atoms with E-state index in [1.807, 2.05) is 6.92 Å².